The van der Waals surface area contributed by atoms with E-state index < -0.39 is 10.0 Å². The molecule has 6 heteroatoms. The molecule has 0 amide bonds. The van der Waals surface area contributed by atoms with Gasteiger partial charge in [0.05, 0.1) is 22.9 Å². The van der Waals surface area contributed by atoms with Gasteiger partial charge < -0.3 is 4.74 Å². The first-order chi connectivity index (χ1) is 10.9. The molecule has 23 heavy (non-hydrogen) atoms. The molecule has 0 unspecified atom stereocenters. The van der Waals surface area contributed by atoms with Crippen LogP contribution in [0.25, 0.3) is 10.8 Å². The molecule has 0 aliphatic heterocycles. The second kappa shape index (κ2) is 5.70. The number of hydrogen-bond donors (Lipinski definition) is 0. The second-order valence-corrected chi connectivity index (χ2v) is 7.15. The van der Waals surface area contributed by atoms with Gasteiger partial charge in [-0.05, 0) is 61.9 Å². The first-order valence-corrected chi connectivity index (χ1v) is 8.81. The minimum atomic E-state index is -3.69. The molecule has 0 atom stereocenters. The van der Waals surface area contributed by atoms with Crippen LogP contribution >= 0.6 is 0 Å². The van der Waals surface area contributed by atoms with Crippen molar-refractivity contribution < 1.29 is 13.2 Å². The fourth-order valence-corrected chi connectivity index (χ4v) is 3.95. The van der Waals surface area contributed by atoms with E-state index in [1.807, 2.05) is 25.1 Å². The number of fused-ring (bicyclic) bond motifs is 1. The Bertz CT molecular complexity index is 975. The summed E-state index contributed by atoms with van der Waals surface area (Å²) in [6.45, 7) is 6.02. The normalized spacial score (nSPS) is 11.8. The van der Waals surface area contributed by atoms with Crippen LogP contribution in [0.15, 0.2) is 47.4 Å². The molecule has 0 N–H and O–H groups in total. The molecule has 3 rings (SSSR count). The number of ether oxygens (including phenoxy) is 1. The van der Waals surface area contributed by atoms with Crippen molar-refractivity contribution in [1.82, 2.24) is 9.19 Å². The fourth-order valence-electron chi connectivity index (χ4n) is 2.57. The summed E-state index contributed by atoms with van der Waals surface area (Å²) < 4.78 is 32.1. The van der Waals surface area contributed by atoms with Crippen LogP contribution in [0.3, 0.4) is 0 Å². The number of hydrogen-bond acceptors (Lipinski definition) is 4. The van der Waals surface area contributed by atoms with Crippen LogP contribution in [-0.2, 0) is 10.0 Å². The van der Waals surface area contributed by atoms with Gasteiger partial charge in [0.2, 0.25) is 0 Å². The van der Waals surface area contributed by atoms with Crippen LogP contribution in [0, 0.1) is 13.8 Å². The van der Waals surface area contributed by atoms with Crippen LogP contribution in [0.2, 0.25) is 0 Å². The first-order valence-electron chi connectivity index (χ1n) is 7.37. The molecular formula is C17H18N2O3S. The molecule has 1 aromatic heterocycles. The lowest BCUT2D eigenvalue weighted by Gasteiger charge is -2.09. The molecular weight excluding hydrogens is 312 g/mol. The van der Waals surface area contributed by atoms with Crippen molar-refractivity contribution >= 4 is 20.8 Å². The zero-order valence-electron chi connectivity index (χ0n) is 13.3. The van der Waals surface area contributed by atoms with Crippen LogP contribution in [0.1, 0.15) is 18.3 Å². The molecule has 2 aromatic carbocycles. The van der Waals surface area contributed by atoms with Crippen LogP contribution in [0.5, 0.6) is 5.75 Å². The molecule has 0 spiro atoms. The quantitative estimate of drug-likeness (QED) is 0.736. The minimum Gasteiger partial charge on any atom is -0.494 e. The summed E-state index contributed by atoms with van der Waals surface area (Å²) in [6, 6.07) is 12.4. The highest BCUT2D eigenvalue weighted by Crippen LogP contribution is 2.25. The SMILES string of the molecule is CCOc1ccc2cc(S(=O)(=O)n3nc(C)cc3C)ccc2c1. The largest absolute Gasteiger partial charge is 0.494 e. The number of aromatic nitrogens is 2. The summed E-state index contributed by atoms with van der Waals surface area (Å²) in [6.07, 6.45) is 0. The molecule has 0 aliphatic rings. The molecule has 0 fully saturated rings. The van der Waals surface area contributed by atoms with Gasteiger partial charge >= 0.3 is 0 Å². The van der Waals surface area contributed by atoms with E-state index in [0.29, 0.717) is 18.0 Å². The van der Waals surface area contributed by atoms with Gasteiger partial charge in [-0.1, -0.05) is 12.1 Å². The summed E-state index contributed by atoms with van der Waals surface area (Å²) in [5, 5.41) is 5.86. The Morgan fingerprint density at radius 3 is 2.39 bits per heavy atom. The zero-order valence-corrected chi connectivity index (χ0v) is 14.1. The van der Waals surface area contributed by atoms with Gasteiger partial charge in [0.25, 0.3) is 10.0 Å². The maximum atomic E-state index is 12.8. The Morgan fingerprint density at radius 1 is 1.04 bits per heavy atom. The Balaban J connectivity index is 2.09. The molecule has 120 valence electrons. The number of rotatable bonds is 4. The van der Waals surface area contributed by atoms with Crippen LogP contribution in [-0.4, -0.2) is 24.2 Å². The van der Waals surface area contributed by atoms with E-state index in [4.69, 9.17) is 4.74 Å². The van der Waals surface area contributed by atoms with E-state index in [0.717, 1.165) is 20.6 Å². The van der Waals surface area contributed by atoms with Crippen molar-refractivity contribution in [2.24, 2.45) is 0 Å². The first kappa shape index (κ1) is 15.6. The van der Waals surface area contributed by atoms with Gasteiger partial charge in [-0.3, -0.25) is 0 Å². The van der Waals surface area contributed by atoms with Crippen molar-refractivity contribution in [2.45, 2.75) is 25.7 Å². The predicted octanol–water partition coefficient (Wildman–Crippen LogP) is 3.29. The van der Waals surface area contributed by atoms with Crippen molar-refractivity contribution in [1.29, 1.82) is 0 Å². The summed E-state index contributed by atoms with van der Waals surface area (Å²) in [7, 11) is -3.69. The van der Waals surface area contributed by atoms with Gasteiger partial charge in [-0.15, -0.1) is 0 Å². The van der Waals surface area contributed by atoms with E-state index in [1.54, 1.807) is 38.1 Å². The van der Waals surface area contributed by atoms with Gasteiger partial charge in [0.15, 0.2) is 0 Å². The van der Waals surface area contributed by atoms with Crippen LogP contribution < -0.4 is 4.74 Å². The molecule has 1 heterocycles. The van der Waals surface area contributed by atoms with Crippen molar-refractivity contribution in [3.05, 3.63) is 53.9 Å². The van der Waals surface area contributed by atoms with Crippen molar-refractivity contribution in [3.8, 4) is 5.75 Å². The lowest BCUT2D eigenvalue weighted by Crippen LogP contribution is -2.16. The maximum Gasteiger partial charge on any atom is 0.283 e. The Labute approximate surface area is 135 Å². The number of benzene rings is 2. The van der Waals surface area contributed by atoms with Crippen LogP contribution in [0.4, 0.5) is 0 Å². The predicted molar refractivity (Wildman–Crippen MR) is 89.4 cm³/mol. The Kier molecular flexibility index (Phi) is 3.85. The summed E-state index contributed by atoms with van der Waals surface area (Å²) in [5.41, 5.74) is 1.27. The second-order valence-electron chi connectivity index (χ2n) is 5.38. The third-order valence-corrected chi connectivity index (χ3v) is 5.26. The average molecular weight is 330 g/mol. The van der Waals surface area contributed by atoms with E-state index in [9.17, 15) is 8.42 Å². The smallest absolute Gasteiger partial charge is 0.283 e. The summed E-state index contributed by atoms with van der Waals surface area (Å²) >= 11 is 0. The molecule has 0 saturated heterocycles. The van der Waals surface area contributed by atoms with E-state index in [1.165, 1.54) is 0 Å². The fraction of sp³-hybridized carbons (Fsp3) is 0.235. The van der Waals surface area contributed by atoms with Gasteiger partial charge in [-0.25, -0.2) is 0 Å². The lowest BCUT2D eigenvalue weighted by molar-refractivity contribution is 0.341. The molecule has 5 nitrogen and oxygen atoms in total. The van der Waals surface area contributed by atoms with Gasteiger partial charge in [0.1, 0.15) is 5.75 Å². The average Bonchev–Trinajstić information content (AvgIpc) is 2.86. The zero-order chi connectivity index (χ0) is 16.6. The van der Waals surface area contributed by atoms with E-state index in [-0.39, 0.29) is 4.90 Å². The Hall–Kier alpha value is -2.34. The standard InChI is InChI=1S/C17H18N2O3S/c1-4-22-16-7-5-15-11-17(8-6-14(15)10-16)23(20,21)19-13(3)9-12(2)18-19/h5-11H,4H2,1-3H3. The van der Waals surface area contributed by atoms with Gasteiger partial charge in [0, 0.05) is 0 Å². The number of aryl methyl sites for hydroxylation is 2. The van der Waals surface area contributed by atoms with Gasteiger partial charge in [-0.2, -0.15) is 17.6 Å². The third-order valence-electron chi connectivity index (χ3n) is 3.59. The van der Waals surface area contributed by atoms with E-state index >= 15 is 0 Å². The lowest BCUT2D eigenvalue weighted by atomic mass is 10.1. The topological polar surface area (TPSA) is 61.2 Å². The van der Waals surface area contributed by atoms with Crippen molar-refractivity contribution in [3.63, 3.8) is 0 Å². The minimum absolute atomic E-state index is 0.223. The maximum absolute atomic E-state index is 12.8. The summed E-state index contributed by atoms with van der Waals surface area (Å²) in [4.78, 5) is 0.223. The molecule has 0 aliphatic carbocycles. The highest BCUT2D eigenvalue weighted by molar-refractivity contribution is 7.89. The van der Waals surface area contributed by atoms with Crippen molar-refractivity contribution in [2.75, 3.05) is 6.61 Å². The summed E-state index contributed by atoms with van der Waals surface area (Å²) in [5.74, 6) is 0.772. The highest BCUT2D eigenvalue weighted by Gasteiger charge is 2.20. The number of nitrogens with zero attached hydrogens (tertiary/aromatic N) is 2. The molecule has 0 saturated carbocycles. The molecule has 0 radical (unpaired) electrons. The highest BCUT2D eigenvalue weighted by atomic mass is 32.2. The molecule has 0 bridgehead atoms. The monoisotopic (exact) mass is 330 g/mol. The van der Waals surface area contributed by atoms with E-state index in [2.05, 4.69) is 5.10 Å². The Morgan fingerprint density at radius 2 is 1.74 bits per heavy atom. The third kappa shape index (κ3) is 2.82. The molecule has 3 aromatic rings.